The van der Waals surface area contributed by atoms with Crippen molar-refractivity contribution < 1.29 is 22.0 Å². The lowest BCUT2D eigenvalue weighted by molar-refractivity contribution is -0.276. The molecule has 0 aliphatic carbocycles. The van der Waals surface area contributed by atoms with Crippen LogP contribution in [-0.2, 0) is 6.42 Å². The van der Waals surface area contributed by atoms with Crippen LogP contribution in [0.25, 0.3) is 10.9 Å². The molecule has 1 atom stereocenters. The minimum Gasteiger partial charge on any atom is -0.390 e. The van der Waals surface area contributed by atoms with Gasteiger partial charge in [0.15, 0.2) is 0 Å². The third-order valence-corrected chi connectivity index (χ3v) is 4.88. The first-order valence-corrected chi connectivity index (χ1v) is 8.52. The Bertz CT molecular complexity index is 791. The molecule has 126 valence electrons. The number of likely N-dealkylation sites (tertiary alicyclic amines) is 1. The summed E-state index contributed by atoms with van der Waals surface area (Å²) in [5, 5.41) is 0.664. The summed E-state index contributed by atoms with van der Waals surface area (Å²) in [6.45, 7) is -1.85. The number of H-pyrrole nitrogens is 1. The maximum atomic E-state index is 12.9. The lowest BCUT2D eigenvalue weighted by Gasteiger charge is -2.20. The van der Waals surface area contributed by atoms with E-state index in [1.54, 1.807) is 12.1 Å². The van der Waals surface area contributed by atoms with Crippen LogP contribution in [0, 0.1) is 0 Å². The van der Waals surface area contributed by atoms with E-state index in [4.69, 9.17) is 4.11 Å². The highest BCUT2D eigenvalue weighted by molar-refractivity contribution is 7.98. The van der Waals surface area contributed by atoms with Crippen molar-refractivity contribution in [1.82, 2.24) is 9.88 Å². The van der Waals surface area contributed by atoms with Crippen LogP contribution in [0.2, 0.25) is 0 Å². The van der Waals surface area contributed by atoms with Gasteiger partial charge < -0.3 is 14.6 Å². The van der Waals surface area contributed by atoms with E-state index in [9.17, 15) is 13.2 Å². The molecule has 3 rings (SSSR count). The molecule has 0 unspecified atom stereocenters. The van der Waals surface area contributed by atoms with Crippen LogP contribution in [0.1, 0.15) is 22.5 Å². The van der Waals surface area contributed by atoms with E-state index >= 15 is 0 Å². The number of nitrogens with one attached hydrogen (secondary N) is 1. The molecule has 0 bridgehead atoms. The highest BCUT2D eigenvalue weighted by atomic mass is 32.2. The van der Waals surface area contributed by atoms with Gasteiger partial charge in [0, 0.05) is 31.5 Å². The Morgan fingerprint density at radius 2 is 2.30 bits per heavy atom. The van der Waals surface area contributed by atoms with Crippen molar-refractivity contribution in [3.05, 3.63) is 23.8 Å². The molecular formula is C16H19F3N2OS. The molecule has 2 heterocycles. The normalized spacial score (nSPS) is 22.1. The number of halogens is 3. The maximum absolute atomic E-state index is 12.9. The second-order valence-electron chi connectivity index (χ2n) is 5.56. The monoisotopic (exact) mass is 347 g/mol. The van der Waals surface area contributed by atoms with Gasteiger partial charge in [0.05, 0.1) is 0 Å². The molecule has 7 heteroatoms. The van der Waals surface area contributed by atoms with Gasteiger partial charge in [0.2, 0.25) is 5.88 Å². The van der Waals surface area contributed by atoms with Crippen molar-refractivity contribution >= 4 is 22.7 Å². The van der Waals surface area contributed by atoms with Crippen molar-refractivity contribution in [3.8, 4) is 5.88 Å². The molecule has 0 saturated carbocycles. The van der Waals surface area contributed by atoms with E-state index in [0.29, 0.717) is 35.9 Å². The molecule has 1 aliphatic heterocycles. The van der Waals surface area contributed by atoms with Crippen LogP contribution in [0.3, 0.4) is 0 Å². The summed E-state index contributed by atoms with van der Waals surface area (Å²) >= 11 is 1.43. The number of hydrogen-bond donors (Lipinski definition) is 1. The molecule has 3 nitrogen and oxygen atoms in total. The van der Waals surface area contributed by atoms with Gasteiger partial charge in [-0.2, -0.15) is 0 Å². The van der Waals surface area contributed by atoms with E-state index in [-0.39, 0.29) is 18.3 Å². The largest absolute Gasteiger partial charge is 0.574 e. The molecule has 1 N–H and O–H groups in total. The Labute approximate surface area is 141 Å². The predicted octanol–water partition coefficient (Wildman–Crippen LogP) is 4.43. The molecule has 1 fully saturated rings. The second kappa shape index (κ2) is 6.28. The molecule has 0 radical (unpaired) electrons. The summed E-state index contributed by atoms with van der Waals surface area (Å²) < 4.78 is 65.8. The Morgan fingerprint density at radius 3 is 3.00 bits per heavy atom. The number of hydrogen-bond acceptors (Lipinski definition) is 3. The van der Waals surface area contributed by atoms with Crippen LogP contribution in [0.15, 0.2) is 23.1 Å². The molecule has 23 heavy (non-hydrogen) atoms. The summed E-state index contributed by atoms with van der Waals surface area (Å²) in [5.74, 6) is -0.355. The number of aromatic amines is 1. The first kappa shape index (κ1) is 13.0. The first-order valence-electron chi connectivity index (χ1n) is 8.80. The SMILES string of the molecule is [2H]C([2H])([2H])N1CCC[C@@H]1Cc1c(OC(F)(F)F)[nH]c2cccc(SC)c12. The minimum atomic E-state index is -4.82. The Morgan fingerprint density at radius 1 is 1.48 bits per heavy atom. The smallest absolute Gasteiger partial charge is 0.390 e. The standard InChI is InChI=1S/C16H19F3N2OS/c1-21-8-4-5-10(21)9-11-14-12(6-3-7-13(14)23-2)20-15(11)22-16(17,18)19/h3,6-7,10,20H,4-5,8-9H2,1-2H3/t10-/m1/s1/i1D3. The molecule has 1 saturated heterocycles. The molecule has 1 aliphatic rings. The zero-order chi connectivity index (χ0) is 19.1. The zero-order valence-corrected chi connectivity index (χ0v) is 13.4. The van der Waals surface area contributed by atoms with Gasteiger partial charge in [0.25, 0.3) is 0 Å². The molecule has 0 amide bonds. The fourth-order valence-corrected chi connectivity index (χ4v) is 3.76. The number of ether oxygens (including phenoxy) is 1. The molecule has 2 aromatic rings. The van der Waals surface area contributed by atoms with Crippen LogP contribution in [0.5, 0.6) is 5.88 Å². The predicted molar refractivity (Wildman–Crippen MR) is 86.1 cm³/mol. The fourth-order valence-electron chi connectivity index (χ4n) is 3.11. The Hall–Kier alpha value is -1.34. The number of alkyl halides is 3. The number of likely N-dealkylation sites (N-methyl/N-ethyl adjacent to an activating group) is 1. The zero-order valence-electron chi connectivity index (χ0n) is 15.5. The van der Waals surface area contributed by atoms with E-state index < -0.39 is 13.3 Å². The van der Waals surface area contributed by atoms with Crippen molar-refractivity contribution in [1.29, 1.82) is 0 Å². The molecule has 0 spiro atoms. The quantitative estimate of drug-likeness (QED) is 0.830. The van der Waals surface area contributed by atoms with Gasteiger partial charge in [-0.05, 0) is 51.2 Å². The average Bonchev–Trinajstić information content (AvgIpc) is 3.11. The summed E-state index contributed by atoms with van der Waals surface area (Å²) in [4.78, 5) is 4.93. The van der Waals surface area contributed by atoms with Crippen molar-refractivity contribution in [2.45, 2.75) is 36.6 Å². The van der Waals surface area contributed by atoms with E-state index in [1.165, 1.54) is 16.7 Å². The van der Waals surface area contributed by atoms with Crippen LogP contribution < -0.4 is 4.74 Å². The van der Waals surface area contributed by atoms with Gasteiger partial charge in [0.1, 0.15) is 0 Å². The third-order valence-electron chi connectivity index (χ3n) is 4.10. The lowest BCUT2D eigenvalue weighted by Crippen LogP contribution is -2.27. The fraction of sp³-hybridized carbons (Fsp3) is 0.500. The summed E-state index contributed by atoms with van der Waals surface area (Å²) in [7, 11) is 0. The van der Waals surface area contributed by atoms with Gasteiger partial charge in [-0.25, -0.2) is 0 Å². The Balaban J connectivity index is 2.06. The van der Waals surface area contributed by atoms with Crippen LogP contribution >= 0.6 is 11.8 Å². The number of fused-ring (bicyclic) bond motifs is 1. The lowest BCUT2D eigenvalue weighted by atomic mass is 10.0. The number of nitrogens with zero attached hydrogens (tertiary/aromatic N) is 1. The van der Waals surface area contributed by atoms with Gasteiger partial charge in [-0.15, -0.1) is 24.9 Å². The minimum absolute atomic E-state index is 0.182. The second-order valence-corrected chi connectivity index (χ2v) is 6.40. The highest BCUT2D eigenvalue weighted by Gasteiger charge is 2.34. The average molecular weight is 347 g/mol. The molecule has 1 aromatic carbocycles. The van der Waals surface area contributed by atoms with Crippen molar-refractivity contribution in [3.63, 3.8) is 0 Å². The highest BCUT2D eigenvalue weighted by Crippen LogP contribution is 2.38. The van der Waals surface area contributed by atoms with Crippen molar-refractivity contribution in [2.24, 2.45) is 0 Å². The van der Waals surface area contributed by atoms with E-state index in [0.717, 1.165) is 4.90 Å². The van der Waals surface area contributed by atoms with Gasteiger partial charge >= 0.3 is 6.36 Å². The Kier molecular flexibility index (Phi) is 3.55. The summed E-state index contributed by atoms with van der Waals surface area (Å²) in [5.41, 5.74) is 0.924. The summed E-state index contributed by atoms with van der Waals surface area (Å²) in [6, 6.07) is 4.93. The van der Waals surface area contributed by atoms with Gasteiger partial charge in [-0.3, -0.25) is 0 Å². The maximum Gasteiger partial charge on any atom is 0.574 e. The van der Waals surface area contributed by atoms with Gasteiger partial charge in [-0.1, -0.05) is 6.07 Å². The van der Waals surface area contributed by atoms with E-state index in [2.05, 4.69) is 9.72 Å². The van der Waals surface area contributed by atoms with Crippen LogP contribution in [0.4, 0.5) is 13.2 Å². The number of thioether (sulfide) groups is 1. The number of rotatable bonds is 4. The first-order chi connectivity index (χ1) is 12.1. The molecule has 1 aromatic heterocycles. The topological polar surface area (TPSA) is 28.3 Å². The third kappa shape index (κ3) is 3.45. The molecular weight excluding hydrogens is 325 g/mol. The van der Waals surface area contributed by atoms with Crippen LogP contribution in [-0.4, -0.2) is 42.1 Å². The number of aromatic nitrogens is 1. The number of benzene rings is 1. The van der Waals surface area contributed by atoms with E-state index in [1.807, 2.05) is 12.3 Å². The summed E-state index contributed by atoms with van der Waals surface area (Å²) in [6.07, 6.45) is -1.47. The van der Waals surface area contributed by atoms with Crippen molar-refractivity contribution in [2.75, 3.05) is 19.8 Å².